The second-order valence-electron chi connectivity index (χ2n) is 5.51. The Balaban J connectivity index is 2.08. The van der Waals surface area contributed by atoms with Crippen LogP contribution in [0.25, 0.3) is 0 Å². The van der Waals surface area contributed by atoms with Crippen LogP contribution in [-0.4, -0.2) is 41.1 Å². The minimum absolute atomic E-state index is 0.0178. The molecule has 1 fully saturated rings. The smallest absolute Gasteiger partial charge is 0.240 e. The van der Waals surface area contributed by atoms with Crippen LogP contribution in [-0.2, 0) is 4.79 Å². The van der Waals surface area contributed by atoms with Crippen molar-refractivity contribution in [3.05, 3.63) is 35.4 Å². The summed E-state index contributed by atoms with van der Waals surface area (Å²) < 4.78 is 0. The van der Waals surface area contributed by atoms with Gasteiger partial charge in [-0.25, -0.2) is 0 Å². The lowest BCUT2D eigenvalue weighted by molar-refractivity contribution is -0.136. The van der Waals surface area contributed by atoms with Crippen molar-refractivity contribution in [1.29, 1.82) is 5.26 Å². The van der Waals surface area contributed by atoms with Crippen molar-refractivity contribution in [2.75, 3.05) is 19.6 Å². The molecule has 0 spiro atoms. The van der Waals surface area contributed by atoms with Gasteiger partial charge in [0.25, 0.3) is 0 Å². The molecule has 1 amide bonds. The monoisotopic (exact) mass is 273 g/mol. The third-order valence-electron chi connectivity index (χ3n) is 3.83. The predicted molar refractivity (Wildman–Crippen MR) is 74.8 cm³/mol. The summed E-state index contributed by atoms with van der Waals surface area (Å²) in [6.07, 6.45) is -0.673. The molecule has 1 aliphatic heterocycles. The molecule has 1 heterocycles. The zero-order chi connectivity index (χ0) is 14.8. The predicted octanol–water partition coefficient (Wildman–Crippen LogP) is 0.802. The molecule has 1 aromatic carbocycles. The van der Waals surface area contributed by atoms with Crippen molar-refractivity contribution < 1.29 is 9.90 Å². The highest BCUT2D eigenvalue weighted by Gasteiger charge is 2.38. The van der Waals surface area contributed by atoms with Gasteiger partial charge in [-0.3, -0.25) is 9.69 Å². The number of carbonyl (C=O) groups is 1. The summed E-state index contributed by atoms with van der Waals surface area (Å²) in [5.41, 5.74) is 0.704. The van der Waals surface area contributed by atoms with Crippen LogP contribution in [0.15, 0.2) is 24.3 Å². The van der Waals surface area contributed by atoms with Crippen molar-refractivity contribution in [2.24, 2.45) is 0 Å². The molecule has 20 heavy (non-hydrogen) atoms. The van der Waals surface area contributed by atoms with Gasteiger partial charge in [0.05, 0.1) is 23.3 Å². The van der Waals surface area contributed by atoms with E-state index in [1.807, 2.05) is 24.8 Å². The van der Waals surface area contributed by atoms with Crippen molar-refractivity contribution in [3.8, 4) is 6.07 Å². The number of β-amino-alcohol motifs (C(OH)–C–C–N with tert-alkyl or cyclic N) is 1. The Kier molecular flexibility index (Phi) is 4.07. The summed E-state index contributed by atoms with van der Waals surface area (Å²) in [5.74, 6) is -0.0178. The van der Waals surface area contributed by atoms with Crippen LogP contribution in [0.3, 0.4) is 0 Å². The van der Waals surface area contributed by atoms with Crippen molar-refractivity contribution >= 4 is 5.91 Å². The number of rotatable bonds is 3. The normalized spacial score (nSPS) is 20.0. The Bertz CT molecular complexity index is 531. The molecule has 0 aliphatic carbocycles. The van der Waals surface area contributed by atoms with Gasteiger partial charge >= 0.3 is 0 Å². The van der Waals surface area contributed by atoms with E-state index in [0.717, 1.165) is 5.56 Å². The van der Waals surface area contributed by atoms with Crippen molar-refractivity contribution in [3.63, 3.8) is 0 Å². The molecule has 2 rings (SSSR count). The van der Waals surface area contributed by atoms with Crippen LogP contribution < -0.4 is 5.32 Å². The van der Waals surface area contributed by atoms with E-state index in [9.17, 15) is 9.90 Å². The number of aliphatic hydroxyl groups is 1. The highest BCUT2D eigenvalue weighted by Crippen LogP contribution is 2.22. The van der Waals surface area contributed by atoms with Gasteiger partial charge < -0.3 is 10.4 Å². The molecular formula is C15H19N3O2. The van der Waals surface area contributed by atoms with E-state index in [-0.39, 0.29) is 5.91 Å². The molecule has 5 heteroatoms. The molecule has 0 bridgehead atoms. The molecule has 0 saturated carbocycles. The Morgan fingerprint density at radius 3 is 2.70 bits per heavy atom. The first-order chi connectivity index (χ1) is 9.45. The molecule has 0 aromatic heterocycles. The van der Waals surface area contributed by atoms with Gasteiger partial charge in [-0.1, -0.05) is 12.1 Å². The molecule has 5 nitrogen and oxygen atoms in total. The van der Waals surface area contributed by atoms with Crippen molar-refractivity contribution in [2.45, 2.75) is 25.5 Å². The largest absolute Gasteiger partial charge is 0.387 e. The molecule has 0 radical (unpaired) electrons. The van der Waals surface area contributed by atoms with Gasteiger partial charge in [0.2, 0.25) is 5.91 Å². The molecular weight excluding hydrogens is 254 g/mol. The summed E-state index contributed by atoms with van der Waals surface area (Å²) in [6.45, 7) is 5.42. The molecule has 1 atom stereocenters. The average Bonchev–Trinajstić information content (AvgIpc) is 2.44. The van der Waals surface area contributed by atoms with Crippen LogP contribution >= 0.6 is 0 Å². The Morgan fingerprint density at radius 2 is 2.10 bits per heavy atom. The van der Waals surface area contributed by atoms with E-state index in [1.165, 1.54) is 0 Å². The molecule has 1 aliphatic rings. The van der Waals surface area contributed by atoms with E-state index in [2.05, 4.69) is 5.32 Å². The second kappa shape index (κ2) is 5.61. The molecule has 1 saturated heterocycles. The highest BCUT2D eigenvalue weighted by atomic mass is 16.3. The number of benzene rings is 1. The second-order valence-corrected chi connectivity index (χ2v) is 5.51. The van der Waals surface area contributed by atoms with E-state index < -0.39 is 11.6 Å². The number of carbonyl (C=O) groups excluding carboxylic acids is 1. The molecule has 1 aromatic rings. The van der Waals surface area contributed by atoms with Crippen molar-refractivity contribution in [1.82, 2.24) is 10.2 Å². The summed E-state index contributed by atoms with van der Waals surface area (Å²) in [5, 5.41) is 21.9. The first kappa shape index (κ1) is 14.5. The van der Waals surface area contributed by atoms with Crippen LogP contribution in [0.1, 0.15) is 31.1 Å². The number of aliphatic hydroxyl groups excluding tert-OH is 1. The number of piperazine rings is 1. The van der Waals surface area contributed by atoms with Crippen LogP contribution in [0.4, 0.5) is 0 Å². The number of nitrogens with one attached hydrogen (secondary N) is 1. The summed E-state index contributed by atoms with van der Waals surface area (Å²) >= 11 is 0. The number of hydrogen-bond acceptors (Lipinski definition) is 4. The fourth-order valence-electron chi connectivity index (χ4n) is 2.36. The lowest BCUT2D eigenvalue weighted by Crippen LogP contribution is -2.62. The van der Waals surface area contributed by atoms with E-state index in [0.29, 0.717) is 25.2 Å². The van der Waals surface area contributed by atoms with Crippen LogP contribution in [0.5, 0.6) is 0 Å². The third kappa shape index (κ3) is 2.82. The first-order valence-corrected chi connectivity index (χ1v) is 6.66. The third-order valence-corrected chi connectivity index (χ3v) is 3.83. The maximum Gasteiger partial charge on any atom is 0.240 e. The van der Waals surface area contributed by atoms with E-state index in [1.54, 1.807) is 24.3 Å². The zero-order valence-corrected chi connectivity index (χ0v) is 11.8. The maximum atomic E-state index is 11.9. The van der Waals surface area contributed by atoms with Gasteiger partial charge in [0.15, 0.2) is 0 Å². The first-order valence-electron chi connectivity index (χ1n) is 6.66. The quantitative estimate of drug-likeness (QED) is 0.854. The lowest BCUT2D eigenvalue weighted by Gasteiger charge is -2.42. The number of hydrogen-bond donors (Lipinski definition) is 2. The summed E-state index contributed by atoms with van der Waals surface area (Å²) in [6, 6.07) is 8.92. The lowest BCUT2D eigenvalue weighted by atomic mass is 9.97. The Labute approximate surface area is 118 Å². The minimum Gasteiger partial charge on any atom is -0.387 e. The molecule has 106 valence electrons. The fraction of sp³-hybridized carbons (Fsp3) is 0.467. The van der Waals surface area contributed by atoms with Crippen LogP contribution in [0.2, 0.25) is 0 Å². The zero-order valence-electron chi connectivity index (χ0n) is 11.8. The number of amides is 1. The Morgan fingerprint density at radius 1 is 1.45 bits per heavy atom. The van der Waals surface area contributed by atoms with E-state index >= 15 is 0 Å². The van der Waals surface area contributed by atoms with Crippen LogP contribution in [0, 0.1) is 11.3 Å². The summed E-state index contributed by atoms with van der Waals surface area (Å²) in [4.78, 5) is 13.8. The fourth-order valence-corrected chi connectivity index (χ4v) is 2.36. The molecule has 1 unspecified atom stereocenters. The number of nitrogens with zero attached hydrogens (tertiary/aromatic N) is 2. The minimum atomic E-state index is -0.673. The van der Waals surface area contributed by atoms with Gasteiger partial charge in [-0.05, 0) is 31.5 Å². The van der Waals surface area contributed by atoms with Gasteiger partial charge in [-0.2, -0.15) is 5.26 Å². The maximum absolute atomic E-state index is 11.9. The highest BCUT2D eigenvalue weighted by molar-refractivity contribution is 5.86. The van der Waals surface area contributed by atoms with Gasteiger partial charge in [0.1, 0.15) is 0 Å². The summed E-state index contributed by atoms with van der Waals surface area (Å²) in [7, 11) is 0. The average molecular weight is 273 g/mol. The number of nitriles is 1. The van der Waals surface area contributed by atoms with Gasteiger partial charge in [0, 0.05) is 19.6 Å². The van der Waals surface area contributed by atoms with Gasteiger partial charge in [-0.15, -0.1) is 0 Å². The molecule has 2 N–H and O–H groups in total. The SMILES string of the molecule is CC1(C)C(=O)NCCN1CC(O)c1ccc(C#N)cc1. The topological polar surface area (TPSA) is 76.4 Å². The van der Waals surface area contributed by atoms with E-state index in [4.69, 9.17) is 5.26 Å². The Hall–Kier alpha value is -1.90. The standard InChI is InChI=1S/C15H19N3O2/c1-15(2)14(20)17-7-8-18(15)10-13(19)12-5-3-11(9-16)4-6-12/h3-6,13,19H,7-8,10H2,1-2H3,(H,17,20).